The maximum absolute atomic E-state index is 11.7. The molecule has 0 aliphatic carbocycles. The first-order valence-electron chi connectivity index (χ1n) is 7.75. The fourth-order valence-corrected chi connectivity index (χ4v) is 2.09. The summed E-state index contributed by atoms with van der Waals surface area (Å²) in [5, 5.41) is 2.64. The Morgan fingerprint density at radius 2 is 1.88 bits per heavy atom. The molecular weight excluding hydrogens is 360 g/mol. The van der Waals surface area contributed by atoms with Crippen molar-refractivity contribution in [3.05, 3.63) is 53.3 Å². The fraction of sp³-hybridized carbons (Fsp3) is 0.222. The van der Waals surface area contributed by atoms with E-state index >= 15 is 0 Å². The molecule has 1 aromatic heterocycles. The zero-order valence-electron chi connectivity index (χ0n) is 14.0. The number of benzene rings is 1. The Kier molecular flexibility index (Phi) is 7.11. The van der Waals surface area contributed by atoms with E-state index in [2.05, 4.69) is 10.3 Å². The van der Waals surface area contributed by atoms with Crippen LogP contribution in [0.5, 0.6) is 5.75 Å². The molecule has 0 fully saturated rings. The van der Waals surface area contributed by atoms with Crippen LogP contribution in [0.3, 0.4) is 0 Å². The second-order valence-corrected chi connectivity index (χ2v) is 5.59. The van der Waals surface area contributed by atoms with Gasteiger partial charge in [0, 0.05) is 11.8 Å². The van der Waals surface area contributed by atoms with Crippen LogP contribution in [0.4, 0.5) is 5.69 Å². The Labute approximate surface area is 155 Å². The maximum Gasteiger partial charge on any atom is 0.309 e. The minimum Gasteiger partial charge on any atom is -0.493 e. The molecule has 1 aromatic carbocycles. The molecule has 7 nitrogen and oxygen atoms in total. The number of anilines is 1. The van der Waals surface area contributed by atoms with E-state index in [0.29, 0.717) is 17.0 Å². The van der Waals surface area contributed by atoms with Gasteiger partial charge in [0.1, 0.15) is 5.75 Å². The van der Waals surface area contributed by atoms with Crippen molar-refractivity contribution in [1.82, 2.24) is 4.98 Å². The van der Waals surface area contributed by atoms with Crippen molar-refractivity contribution in [3.8, 4) is 5.75 Å². The number of nitrogens with zero attached hydrogens (tertiary/aromatic N) is 1. The van der Waals surface area contributed by atoms with Crippen molar-refractivity contribution < 1.29 is 23.9 Å². The van der Waals surface area contributed by atoms with E-state index in [-0.39, 0.29) is 24.0 Å². The zero-order chi connectivity index (χ0) is 18.9. The molecule has 8 heteroatoms. The predicted octanol–water partition coefficient (Wildman–Crippen LogP) is 2.89. The summed E-state index contributed by atoms with van der Waals surface area (Å²) in [6.07, 6.45) is 1.47. The first kappa shape index (κ1) is 19.4. The number of pyridine rings is 1. The molecule has 1 amide bonds. The molecule has 0 saturated carbocycles. The third-order valence-electron chi connectivity index (χ3n) is 3.23. The monoisotopic (exact) mass is 376 g/mol. The second-order valence-electron chi connectivity index (χ2n) is 5.23. The number of esters is 1. The molecule has 1 heterocycles. The first-order valence-corrected chi connectivity index (χ1v) is 8.13. The molecule has 0 saturated heterocycles. The van der Waals surface area contributed by atoms with E-state index < -0.39 is 18.5 Å². The van der Waals surface area contributed by atoms with Gasteiger partial charge in [0.25, 0.3) is 5.91 Å². The minimum atomic E-state index is -0.571. The lowest BCUT2D eigenvalue weighted by molar-refractivity contribution is -0.147. The summed E-state index contributed by atoms with van der Waals surface area (Å²) < 4.78 is 10.3. The van der Waals surface area contributed by atoms with E-state index in [4.69, 9.17) is 21.1 Å². The third-order valence-corrected chi connectivity index (χ3v) is 3.53. The zero-order valence-corrected chi connectivity index (χ0v) is 14.8. The summed E-state index contributed by atoms with van der Waals surface area (Å²) in [4.78, 5) is 38.3. The van der Waals surface area contributed by atoms with Gasteiger partial charge in [-0.15, -0.1) is 0 Å². The van der Waals surface area contributed by atoms with Crippen LogP contribution in [-0.4, -0.2) is 35.9 Å². The molecule has 0 aliphatic rings. The van der Waals surface area contributed by atoms with Crippen LogP contribution in [0.25, 0.3) is 0 Å². The number of halogens is 1. The molecule has 1 N–H and O–H groups in total. The van der Waals surface area contributed by atoms with Gasteiger partial charge < -0.3 is 14.8 Å². The highest BCUT2D eigenvalue weighted by atomic mass is 35.5. The number of rotatable bonds is 8. The molecule has 0 unspecified atom stereocenters. The minimum absolute atomic E-state index is 0.0185. The summed E-state index contributed by atoms with van der Waals surface area (Å²) in [5.74, 6) is -0.593. The van der Waals surface area contributed by atoms with Crippen LogP contribution in [0.15, 0.2) is 42.6 Å². The number of carbonyl (C=O) groups is 3. The standard InChI is InChI=1S/C18H17ClN2O5/c1-12(22)13-4-6-14(7-5-13)25-10-8-17(24)26-11-16(23)21-15-3-2-9-20-18(15)19/h2-7,9H,8,10-11H2,1H3,(H,21,23). The quantitative estimate of drug-likeness (QED) is 0.432. The second kappa shape index (κ2) is 9.53. The molecular formula is C18H17ClN2O5. The number of hydrogen-bond acceptors (Lipinski definition) is 6. The lowest BCUT2D eigenvalue weighted by atomic mass is 10.1. The topological polar surface area (TPSA) is 94.6 Å². The van der Waals surface area contributed by atoms with Crippen LogP contribution < -0.4 is 10.1 Å². The van der Waals surface area contributed by atoms with Gasteiger partial charge in [0.05, 0.1) is 18.7 Å². The first-order chi connectivity index (χ1) is 12.5. The average Bonchev–Trinajstić information content (AvgIpc) is 2.62. The van der Waals surface area contributed by atoms with E-state index in [0.717, 1.165) is 0 Å². The smallest absolute Gasteiger partial charge is 0.309 e. The number of aromatic nitrogens is 1. The number of ketones is 1. The van der Waals surface area contributed by atoms with Gasteiger partial charge in [-0.05, 0) is 43.3 Å². The van der Waals surface area contributed by atoms with Gasteiger partial charge >= 0.3 is 5.97 Å². The lowest BCUT2D eigenvalue weighted by Crippen LogP contribution is -2.21. The van der Waals surface area contributed by atoms with Crippen molar-refractivity contribution in [3.63, 3.8) is 0 Å². The van der Waals surface area contributed by atoms with E-state index in [1.165, 1.54) is 13.1 Å². The lowest BCUT2D eigenvalue weighted by Gasteiger charge is -2.08. The van der Waals surface area contributed by atoms with Gasteiger partial charge in [-0.3, -0.25) is 14.4 Å². The third kappa shape index (κ3) is 6.18. The largest absolute Gasteiger partial charge is 0.493 e. The Balaban J connectivity index is 1.68. The molecule has 0 atom stereocenters. The van der Waals surface area contributed by atoms with E-state index in [1.807, 2.05) is 0 Å². The molecule has 0 spiro atoms. The molecule has 0 bridgehead atoms. The molecule has 26 heavy (non-hydrogen) atoms. The Morgan fingerprint density at radius 3 is 2.54 bits per heavy atom. The summed E-state index contributed by atoms with van der Waals surface area (Å²) >= 11 is 5.82. The number of ether oxygens (including phenoxy) is 2. The van der Waals surface area contributed by atoms with Crippen molar-refractivity contribution in [2.75, 3.05) is 18.5 Å². The summed E-state index contributed by atoms with van der Waals surface area (Å²) in [5.41, 5.74) is 0.920. The highest BCUT2D eigenvalue weighted by molar-refractivity contribution is 6.32. The Bertz CT molecular complexity index is 792. The fourth-order valence-electron chi connectivity index (χ4n) is 1.92. The van der Waals surface area contributed by atoms with Gasteiger partial charge in [0.15, 0.2) is 17.5 Å². The van der Waals surface area contributed by atoms with Crippen LogP contribution in [-0.2, 0) is 14.3 Å². The Morgan fingerprint density at radius 1 is 1.15 bits per heavy atom. The highest BCUT2D eigenvalue weighted by Crippen LogP contribution is 2.17. The van der Waals surface area contributed by atoms with Gasteiger partial charge in [-0.25, -0.2) is 4.98 Å². The van der Waals surface area contributed by atoms with E-state index in [9.17, 15) is 14.4 Å². The summed E-state index contributed by atoms with van der Waals surface area (Å²) in [6, 6.07) is 9.78. The van der Waals surface area contributed by atoms with E-state index in [1.54, 1.807) is 36.4 Å². The van der Waals surface area contributed by atoms with Gasteiger partial charge in [0.2, 0.25) is 0 Å². The van der Waals surface area contributed by atoms with Crippen LogP contribution in [0.1, 0.15) is 23.7 Å². The average molecular weight is 377 g/mol. The predicted molar refractivity (Wildman–Crippen MR) is 95.4 cm³/mol. The Hall–Kier alpha value is -2.93. The number of amides is 1. The van der Waals surface area contributed by atoms with Crippen LogP contribution in [0.2, 0.25) is 5.15 Å². The molecule has 136 valence electrons. The number of carbonyl (C=O) groups excluding carboxylic acids is 3. The SMILES string of the molecule is CC(=O)c1ccc(OCCC(=O)OCC(=O)Nc2cccnc2Cl)cc1. The number of nitrogens with one attached hydrogen (secondary N) is 1. The molecule has 0 aliphatic heterocycles. The molecule has 2 aromatic rings. The summed E-state index contributed by atoms with van der Waals surface area (Å²) in [7, 11) is 0. The number of hydrogen-bond donors (Lipinski definition) is 1. The maximum atomic E-state index is 11.7. The molecule has 0 radical (unpaired) electrons. The van der Waals surface area contributed by atoms with Gasteiger partial charge in [-0.2, -0.15) is 0 Å². The van der Waals surface area contributed by atoms with Crippen molar-refractivity contribution in [2.45, 2.75) is 13.3 Å². The number of Topliss-reactive ketones (excluding diaryl/α,β-unsaturated/α-hetero) is 1. The van der Waals surface area contributed by atoms with Crippen molar-refractivity contribution in [2.24, 2.45) is 0 Å². The van der Waals surface area contributed by atoms with Crippen LogP contribution >= 0.6 is 11.6 Å². The summed E-state index contributed by atoms with van der Waals surface area (Å²) in [6.45, 7) is 1.13. The van der Waals surface area contributed by atoms with Crippen molar-refractivity contribution >= 4 is 34.9 Å². The van der Waals surface area contributed by atoms with Gasteiger partial charge in [-0.1, -0.05) is 11.6 Å². The van der Waals surface area contributed by atoms with Crippen LogP contribution in [0, 0.1) is 0 Å². The van der Waals surface area contributed by atoms with Crippen molar-refractivity contribution in [1.29, 1.82) is 0 Å². The molecule has 2 rings (SSSR count). The highest BCUT2D eigenvalue weighted by Gasteiger charge is 2.10. The normalized spacial score (nSPS) is 10.1.